The number of aryl methyl sites for hydroxylation is 2. The smallest absolute Gasteiger partial charge is 0.269 e. The number of nitrogens with zero attached hydrogens (tertiary/aromatic N) is 3. The SMILES string of the molecule is Cc1onc(-c2ccccc2F)c1COc1cc(C(=O)NCC(C)(C)O)n(C)n1. The average molecular weight is 402 g/mol. The van der Waals surface area contributed by atoms with E-state index in [1.165, 1.54) is 16.8 Å². The largest absolute Gasteiger partial charge is 0.471 e. The van der Waals surface area contributed by atoms with Crippen LogP contribution >= 0.6 is 0 Å². The van der Waals surface area contributed by atoms with E-state index >= 15 is 0 Å². The molecule has 8 nitrogen and oxygen atoms in total. The zero-order chi connectivity index (χ0) is 21.2. The second-order valence-corrected chi connectivity index (χ2v) is 7.32. The quantitative estimate of drug-likeness (QED) is 0.630. The van der Waals surface area contributed by atoms with Gasteiger partial charge in [0.2, 0.25) is 5.88 Å². The third kappa shape index (κ3) is 4.80. The van der Waals surface area contributed by atoms with Crippen LogP contribution in [0.3, 0.4) is 0 Å². The van der Waals surface area contributed by atoms with Crippen molar-refractivity contribution in [3.63, 3.8) is 0 Å². The van der Waals surface area contributed by atoms with Crippen molar-refractivity contribution in [3.8, 4) is 17.1 Å². The summed E-state index contributed by atoms with van der Waals surface area (Å²) in [6.07, 6.45) is 0. The maximum absolute atomic E-state index is 14.1. The van der Waals surface area contributed by atoms with Crippen molar-refractivity contribution in [2.24, 2.45) is 7.05 Å². The first-order valence-electron chi connectivity index (χ1n) is 9.03. The van der Waals surface area contributed by atoms with Crippen molar-refractivity contribution >= 4 is 5.91 Å². The molecule has 1 aromatic carbocycles. The Morgan fingerprint density at radius 2 is 2.10 bits per heavy atom. The summed E-state index contributed by atoms with van der Waals surface area (Å²) in [6.45, 7) is 5.04. The zero-order valence-electron chi connectivity index (χ0n) is 16.7. The van der Waals surface area contributed by atoms with Crippen LogP contribution in [0.15, 0.2) is 34.9 Å². The monoisotopic (exact) mass is 402 g/mol. The van der Waals surface area contributed by atoms with Crippen molar-refractivity contribution < 1.29 is 23.6 Å². The summed E-state index contributed by atoms with van der Waals surface area (Å²) in [5.74, 6) is -0.0702. The van der Waals surface area contributed by atoms with Gasteiger partial charge in [-0.25, -0.2) is 4.39 Å². The maximum Gasteiger partial charge on any atom is 0.269 e. The van der Waals surface area contributed by atoms with E-state index in [-0.39, 0.29) is 30.6 Å². The molecule has 154 valence electrons. The third-order valence-electron chi connectivity index (χ3n) is 4.25. The van der Waals surface area contributed by atoms with Gasteiger partial charge in [-0.1, -0.05) is 17.3 Å². The van der Waals surface area contributed by atoms with Gasteiger partial charge in [0.25, 0.3) is 5.91 Å². The van der Waals surface area contributed by atoms with E-state index in [1.54, 1.807) is 46.0 Å². The van der Waals surface area contributed by atoms with Crippen LogP contribution in [0.5, 0.6) is 5.88 Å². The van der Waals surface area contributed by atoms with Crippen molar-refractivity contribution in [2.45, 2.75) is 33.0 Å². The van der Waals surface area contributed by atoms with E-state index in [1.807, 2.05) is 0 Å². The molecule has 3 rings (SSSR count). The van der Waals surface area contributed by atoms with E-state index in [9.17, 15) is 14.3 Å². The Bertz CT molecular complexity index is 1020. The van der Waals surface area contributed by atoms with E-state index in [0.717, 1.165) is 0 Å². The van der Waals surface area contributed by atoms with Crippen LogP contribution in [0.4, 0.5) is 4.39 Å². The molecule has 0 bridgehead atoms. The maximum atomic E-state index is 14.1. The molecule has 0 atom stereocenters. The third-order valence-corrected chi connectivity index (χ3v) is 4.25. The fourth-order valence-corrected chi connectivity index (χ4v) is 2.68. The van der Waals surface area contributed by atoms with Crippen molar-refractivity contribution in [2.75, 3.05) is 6.54 Å². The molecule has 0 saturated carbocycles. The van der Waals surface area contributed by atoms with Crippen LogP contribution in [0.2, 0.25) is 0 Å². The lowest BCUT2D eigenvalue weighted by atomic mass is 10.1. The van der Waals surface area contributed by atoms with Crippen LogP contribution in [-0.4, -0.2) is 38.1 Å². The molecule has 29 heavy (non-hydrogen) atoms. The highest BCUT2D eigenvalue weighted by molar-refractivity contribution is 5.92. The molecule has 0 aliphatic rings. The van der Waals surface area contributed by atoms with Gasteiger partial charge in [0, 0.05) is 25.2 Å². The molecule has 0 spiro atoms. The Balaban J connectivity index is 1.74. The summed E-state index contributed by atoms with van der Waals surface area (Å²) < 4.78 is 26.4. The first kappa shape index (κ1) is 20.5. The Hall–Kier alpha value is -3.20. The van der Waals surface area contributed by atoms with Gasteiger partial charge in [0.15, 0.2) is 0 Å². The lowest BCUT2D eigenvalue weighted by Gasteiger charge is -2.17. The Morgan fingerprint density at radius 1 is 1.38 bits per heavy atom. The Labute approximate surface area is 167 Å². The molecule has 0 radical (unpaired) electrons. The lowest BCUT2D eigenvalue weighted by Crippen LogP contribution is -2.38. The van der Waals surface area contributed by atoms with Crippen LogP contribution in [-0.2, 0) is 13.7 Å². The van der Waals surface area contributed by atoms with Gasteiger partial charge < -0.3 is 19.7 Å². The highest BCUT2D eigenvalue weighted by atomic mass is 19.1. The second-order valence-electron chi connectivity index (χ2n) is 7.32. The van der Waals surface area contributed by atoms with Gasteiger partial charge in [-0.15, -0.1) is 5.10 Å². The van der Waals surface area contributed by atoms with Gasteiger partial charge in [-0.3, -0.25) is 9.48 Å². The summed E-state index contributed by atoms with van der Waals surface area (Å²) in [5, 5.41) is 20.5. The van der Waals surface area contributed by atoms with Gasteiger partial charge in [0.05, 0.1) is 11.2 Å². The van der Waals surface area contributed by atoms with E-state index in [0.29, 0.717) is 22.6 Å². The standard InChI is InChI=1S/C20H23FN4O4/c1-12-14(18(24-29-12)13-7-5-6-8-15(13)21)10-28-17-9-16(25(4)23-17)19(26)22-11-20(2,3)27/h5-9,27H,10-11H2,1-4H3,(H,22,26). The number of amides is 1. The molecule has 2 aromatic heterocycles. The molecule has 0 fully saturated rings. The lowest BCUT2D eigenvalue weighted by molar-refractivity contribution is 0.0689. The van der Waals surface area contributed by atoms with Crippen LogP contribution < -0.4 is 10.1 Å². The minimum Gasteiger partial charge on any atom is -0.471 e. The molecule has 9 heteroatoms. The number of hydrogen-bond acceptors (Lipinski definition) is 6. The normalized spacial score (nSPS) is 11.5. The van der Waals surface area contributed by atoms with Crippen LogP contribution in [0, 0.1) is 12.7 Å². The number of aliphatic hydroxyl groups is 1. The molecule has 0 unspecified atom stereocenters. The van der Waals surface area contributed by atoms with Crippen LogP contribution in [0.1, 0.15) is 35.7 Å². The molecule has 0 aliphatic heterocycles. The second kappa shape index (κ2) is 8.04. The Kier molecular flexibility index (Phi) is 5.69. The highest BCUT2D eigenvalue weighted by Crippen LogP contribution is 2.28. The number of hydrogen-bond donors (Lipinski definition) is 2. The van der Waals surface area contributed by atoms with Crippen molar-refractivity contribution in [1.29, 1.82) is 0 Å². The number of halogens is 1. The molecule has 0 saturated heterocycles. The minimum absolute atomic E-state index is 0.0424. The number of ether oxygens (including phenoxy) is 1. The minimum atomic E-state index is -1.03. The zero-order valence-corrected chi connectivity index (χ0v) is 16.7. The summed E-state index contributed by atoms with van der Waals surface area (Å²) in [6, 6.07) is 7.76. The van der Waals surface area contributed by atoms with Crippen LogP contribution in [0.25, 0.3) is 11.3 Å². The van der Waals surface area contributed by atoms with Gasteiger partial charge in [-0.05, 0) is 32.9 Å². The van der Waals surface area contributed by atoms with Gasteiger partial charge in [-0.2, -0.15) is 0 Å². The predicted octanol–water partition coefficient (Wildman–Crippen LogP) is 2.60. The Morgan fingerprint density at radius 3 is 2.79 bits per heavy atom. The number of aromatic nitrogens is 3. The first-order valence-corrected chi connectivity index (χ1v) is 9.03. The number of benzene rings is 1. The molecule has 2 N–H and O–H groups in total. The summed E-state index contributed by atoms with van der Waals surface area (Å²) in [5.41, 5.74) is 0.521. The molecule has 0 aliphatic carbocycles. The molecule has 3 aromatic rings. The summed E-state index contributed by atoms with van der Waals surface area (Å²) in [7, 11) is 1.61. The van der Waals surface area contributed by atoms with E-state index < -0.39 is 11.4 Å². The van der Waals surface area contributed by atoms with Crippen molar-refractivity contribution in [1.82, 2.24) is 20.3 Å². The fraction of sp³-hybridized carbons (Fsp3) is 0.350. The van der Waals surface area contributed by atoms with Gasteiger partial charge >= 0.3 is 0 Å². The topological polar surface area (TPSA) is 102 Å². The molecule has 1 amide bonds. The summed E-state index contributed by atoms with van der Waals surface area (Å²) >= 11 is 0. The number of nitrogens with one attached hydrogen (secondary N) is 1. The number of carbonyl (C=O) groups is 1. The predicted molar refractivity (Wildman–Crippen MR) is 103 cm³/mol. The van der Waals surface area contributed by atoms with Crippen molar-refractivity contribution in [3.05, 3.63) is 53.2 Å². The molecular formula is C20H23FN4O4. The molecule has 2 heterocycles. The average Bonchev–Trinajstić information content (AvgIpc) is 3.20. The number of carbonyl (C=O) groups excluding carboxylic acids is 1. The summed E-state index contributed by atoms with van der Waals surface area (Å²) in [4.78, 5) is 12.3. The van der Waals surface area contributed by atoms with E-state index in [2.05, 4.69) is 15.6 Å². The van der Waals surface area contributed by atoms with Gasteiger partial charge in [0.1, 0.15) is 29.6 Å². The highest BCUT2D eigenvalue weighted by Gasteiger charge is 2.21. The number of rotatable bonds is 7. The molecular weight excluding hydrogens is 379 g/mol. The first-order chi connectivity index (χ1) is 13.7. The van der Waals surface area contributed by atoms with E-state index in [4.69, 9.17) is 9.26 Å². The fourth-order valence-electron chi connectivity index (χ4n) is 2.68.